The molecule has 2 rings (SSSR count). The van der Waals surface area contributed by atoms with Crippen molar-refractivity contribution in [2.24, 2.45) is 5.41 Å². The lowest BCUT2D eigenvalue weighted by Crippen LogP contribution is -2.22. The van der Waals surface area contributed by atoms with Gasteiger partial charge in [-0.3, -0.25) is 4.79 Å². The number of hydrogen-bond donors (Lipinski definition) is 0. The Balaban J connectivity index is 2.35. The van der Waals surface area contributed by atoms with Crippen molar-refractivity contribution < 1.29 is 4.79 Å². The summed E-state index contributed by atoms with van der Waals surface area (Å²) in [5, 5.41) is 2.98. The molecule has 0 saturated carbocycles. The molecular formula is C12H14N2OS. The average Bonchev–Trinajstić information content (AvgIpc) is 2.65. The van der Waals surface area contributed by atoms with Crippen LogP contribution < -0.4 is 0 Å². The molecule has 0 aliphatic rings. The third-order valence-corrected chi connectivity index (χ3v) is 3.33. The molecule has 0 spiro atoms. The summed E-state index contributed by atoms with van der Waals surface area (Å²) < 4.78 is 0. The van der Waals surface area contributed by atoms with Crippen LogP contribution in [0.1, 0.15) is 26.5 Å². The minimum atomic E-state index is -0.312. The Morgan fingerprint density at radius 1 is 1.38 bits per heavy atom. The molecule has 84 valence electrons. The summed E-state index contributed by atoms with van der Waals surface area (Å²) in [5.74, 6) is 0.207. The molecule has 2 heterocycles. The molecule has 0 radical (unpaired) electrons. The number of rotatable bonds is 2. The zero-order valence-electron chi connectivity index (χ0n) is 9.65. The number of carbonyl (C=O) groups excluding carboxylic acids is 1. The van der Waals surface area contributed by atoms with Crippen LogP contribution in [0.4, 0.5) is 0 Å². The van der Waals surface area contributed by atoms with Gasteiger partial charge >= 0.3 is 0 Å². The largest absolute Gasteiger partial charge is 0.299 e. The highest BCUT2D eigenvalue weighted by Gasteiger charge is 2.22. The van der Waals surface area contributed by atoms with E-state index >= 15 is 0 Å². The van der Waals surface area contributed by atoms with Crippen molar-refractivity contribution in [3.63, 3.8) is 0 Å². The number of ketones is 1. The molecule has 0 bridgehead atoms. The highest BCUT2D eigenvalue weighted by Crippen LogP contribution is 2.23. The number of Topliss-reactive ketones (excluding diaryl/α,β-unsaturated/α-hetero) is 1. The maximum absolute atomic E-state index is 11.9. The Bertz CT molecular complexity index is 525. The van der Waals surface area contributed by atoms with Gasteiger partial charge in [-0.1, -0.05) is 20.8 Å². The standard InChI is InChI=1S/C12H14N2OS/c1-12(2,3)10(15)6-9-8-4-5-16-11(8)14-7-13-9/h4-5,7H,6H2,1-3H3. The van der Waals surface area contributed by atoms with Crippen LogP contribution in [-0.4, -0.2) is 15.8 Å². The van der Waals surface area contributed by atoms with Crippen LogP contribution in [0.2, 0.25) is 0 Å². The maximum atomic E-state index is 11.9. The summed E-state index contributed by atoms with van der Waals surface area (Å²) in [7, 11) is 0. The second-order valence-corrected chi connectivity index (χ2v) is 5.70. The van der Waals surface area contributed by atoms with Crippen LogP contribution in [0.25, 0.3) is 10.2 Å². The van der Waals surface area contributed by atoms with Crippen molar-refractivity contribution >= 4 is 27.3 Å². The fourth-order valence-electron chi connectivity index (χ4n) is 1.40. The van der Waals surface area contributed by atoms with Crippen molar-refractivity contribution in [2.75, 3.05) is 0 Å². The topological polar surface area (TPSA) is 42.9 Å². The highest BCUT2D eigenvalue weighted by molar-refractivity contribution is 7.16. The molecule has 16 heavy (non-hydrogen) atoms. The molecule has 0 unspecified atom stereocenters. The van der Waals surface area contributed by atoms with Gasteiger partial charge in [0.1, 0.15) is 16.9 Å². The zero-order chi connectivity index (χ0) is 11.8. The third kappa shape index (κ3) is 2.11. The molecule has 4 heteroatoms. The lowest BCUT2D eigenvalue weighted by molar-refractivity contribution is -0.125. The van der Waals surface area contributed by atoms with Gasteiger partial charge < -0.3 is 0 Å². The highest BCUT2D eigenvalue weighted by atomic mass is 32.1. The lowest BCUT2D eigenvalue weighted by Gasteiger charge is -2.16. The SMILES string of the molecule is CC(C)(C)C(=O)Cc1ncnc2sccc12. The molecule has 3 nitrogen and oxygen atoms in total. The van der Waals surface area contributed by atoms with Crippen molar-refractivity contribution in [1.29, 1.82) is 0 Å². The van der Waals surface area contributed by atoms with Crippen LogP contribution in [0.3, 0.4) is 0 Å². The van der Waals surface area contributed by atoms with Gasteiger partial charge in [-0.05, 0) is 11.4 Å². The molecule has 2 aromatic heterocycles. The monoisotopic (exact) mass is 234 g/mol. The number of aromatic nitrogens is 2. The molecule has 2 aromatic rings. The summed E-state index contributed by atoms with van der Waals surface area (Å²) in [6, 6.07) is 1.98. The van der Waals surface area contributed by atoms with E-state index in [1.165, 1.54) is 6.33 Å². The first-order chi connectivity index (χ1) is 7.48. The Kier molecular flexibility index (Phi) is 2.76. The lowest BCUT2D eigenvalue weighted by atomic mass is 9.88. The van der Waals surface area contributed by atoms with E-state index in [0.29, 0.717) is 6.42 Å². The van der Waals surface area contributed by atoms with Gasteiger partial charge in [0.05, 0.1) is 12.1 Å². The Labute approximate surface area is 98.5 Å². The minimum Gasteiger partial charge on any atom is -0.299 e. The third-order valence-electron chi connectivity index (χ3n) is 2.51. The van der Waals surface area contributed by atoms with E-state index in [0.717, 1.165) is 15.9 Å². The molecule has 0 aromatic carbocycles. The van der Waals surface area contributed by atoms with Crippen molar-refractivity contribution in [3.05, 3.63) is 23.5 Å². The Morgan fingerprint density at radius 3 is 2.81 bits per heavy atom. The number of thiophene rings is 1. The van der Waals surface area contributed by atoms with Gasteiger partial charge in [0.2, 0.25) is 0 Å². The number of nitrogens with zero attached hydrogens (tertiary/aromatic N) is 2. The van der Waals surface area contributed by atoms with Gasteiger partial charge in [-0.15, -0.1) is 11.3 Å². The summed E-state index contributed by atoms with van der Waals surface area (Å²) in [6.45, 7) is 5.80. The first-order valence-electron chi connectivity index (χ1n) is 5.19. The molecule has 0 saturated heterocycles. The van der Waals surface area contributed by atoms with Crippen LogP contribution >= 0.6 is 11.3 Å². The predicted octanol–water partition coefficient (Wildman–Crippen LogP) is 2.85. The van der Waals surface area contributed by atoms with E-state index in [4.69, 9.17) is 0 Å². The smallest absolute Gasteiger partial charge is 0.144 e. The maximum Gasteiger partial charge on any atom is 0.144 e. The summed E-state index contributed by atoms with van der Waals surface area (Å²) in [6.07, 6.45) is 1.92. The van der Waals surface area contributed by atoms with E-state index in [2.05, 4.69) is 9.97 Å². The fourth-order valence-corrected chi connectivity index (χ4v) is 2.15. The normalized spacial score (nSPS) is 11.9. The quantitative estimate of drug-likeness (QED) is 0.802. The van der Waals surface area contributed by atoms with Gasteiger partial charge in [0.25, 0.3) is 0 Å². The molecule has 0 fully saturated rings. The van der Waals surface area contributed by atoms with E-state index in [1.807, 2.05) is 32.2 Å². The van der Waals surface area contributed by atoms with Gasteiger partial charge in [-0.2, -0.15) is 0 Å². The van der Waals surface area contributed by atoms with Crippen molar-refractivity contribution in [1.82, 2.24) is 9.97 Å². The molecule has 0 N–H and O–H groups in total. The van der Waals surface area contributed by atoms with Gasteiger partial charge in [0, 0.05) is 10.8 Å². The molecule has 0 aliphatic carbocycles. The zero-order valence-corrected chi connectivity index (χ0v) is 10.5. The van der Waals surface area contributed by atoms with E-state index in [1.54, 1.807) is 11.3 Å². The fraction of sp³-hybridized carbons (Fsp3) is 0.417. The molecule has 0 atom stereocenters. The number of fused-ring (bicyclic) bond motifs is 1. The van der Waals surface area contributed by atoms with E-state index in [-0.39, 0.29) is 11.2 Å². The molecular weight excluding hydrogens is 220 g/mol. The van der Waals surface area contributed by atoms with Crippen molar-refractivity contribution in [2.45, 2.75) is 27.2 Å². The number of carbonyl (C=O) groups is 1. The van der Waals surface area contributed by atoms with Crippen LogP contribution in [0.5, 0.6) is 0 Å². The summed E-state index contributed by atoms with van der Waals surface area (Å²) >= 11 is 1.57. The van der Waals surface area contributed by atoms with Crippen LogP contribution in [0.15, 0.2) is 17.8 Å². The first kappa shape index (κ1) is 11.2. The van der Waals surface area contributed by atoms with Crippen LogP contribution in [0, 0.1) is 5.41 Å². The van der Waals surface area contributed by atoms with Crippen LogP contribution in [-0.2, 0) is 11.2 Å². The van der Waals surface area contributed by atoms with Gasteiger partial charge in [-0.25, -0.2) is 9.97 Å². The predicted molar refractivity (Wildman–Crippen MR) is 65.6 cm³/mol. The summed E-state index contributed by atoms with van der Waals surface area (Å²) in [5.41, 5.74) is 0.527. The second kappa shape index (κ2) is 3.94. The number of hydrogen-bond acceptors (Lipinski definition) is 4. The van der Waals surface area contributed by atoms with E-state index in [9.17, 15) is 4.79 Å². The Morgan fingerprint density at radius 2 is 2.12 bits per heavy atom. The first-order valence-corrected chi connectivity index (χ1v) is 6.07. The second-order valence-electron chi connectivity index (χ2n) is 4.81. The van der Waals surface area contributed by atoms with Crippen molar-refractivity contribution in [3.8, 4) is 0 Å². The Hall–Kier alpha value is -1.29. The van der Waals surface area contributed by atoms with E-state index < -0.39 is 0 Å². The van der Waals surface area contributed by atoms with Gasteiger partial charge in [0.15, 0.2) is 0 Å². The molecule has 0 aliphatic heterocycles. The molecule has 0 amide bonds. The minimum absolute atomic E-state index is 0.207. The summed E-state index contributed by atoms with van der Waals surface area (Å²) in [4.78, 5) is 21.3. The average molecular weight is 234 g/mol.